The summed E-state index contributed by atoms with van der Waals surface area (Å²) >= 11 is 5.73. The molecule has 2 aliphatic rings. The van der Waals surface area contributed by atoms with Gasteiger partial charge in [-0.2, -0.15) is 0 Å². The third-order valence-corrected chi connectivity index (χ3v) is 9.56. The van der Waals surface area contributed by atoms with Gasteiger partial charge in [0.2, 0.25) is 0 Å². The van der Waals surface area contributed by atoms with Crippen LogP contribution in [0.3, 0.4) is 0 Å². The minimum atomic E-state index is -0.675. The maximum Gasteiger partial charge on any atom is 0.142 e. The van der Waals surface area contributed by atoms with Crippen LogP contribution < -0.4 is 0 Å². The summed E-state index contributed by atoms with van der Waals surface area (Å²) in [7, 11) is 0. The molecule has 0 atom stereocenters. The Hall–Kier alpha value is -1.48. The van der Waals surface area contributed by atoms with Crippen LogP contribution in [0.25, 0.3) is 11.1 Å². The zero-order valence-electron chi connectivity index (χ0n) is 22.5. The Labute approximate surface area is 227 Å². The molecule has 0 amide bonds. The predicted molar refractivity (Wildman–Crippen MR) is 150 cm³/mol. The van der Waals surface area contributed by atoms with Gasteiger partial charge in [0.1, 0.15) is 17.5 Å². The summed E-state index contributed by atoms with van der Waals surface area (Å²) in [6.45, 7) is 2.28. The maximum atomic E-state index is 14.9. The van der Waals surface area contributed by atoms with Gasteiger partial charge in [0, 0.05) is 0 Å². The van der Waals surface area contributed by atoms with E-state index in [4.69, 9.17) is 11.6 Å². The summed E-state index contributed by atoms with van der Waals surface area (Å²) in [5, 5.41) is -0.0567. The fourth-order valence-electron chi connectivity index (χ4n) is 6.86. The van der Waals surface area contributed by atoms with Gasteiger partial charge in [-0.3, -0.25) is 0 Å². The standard InChI is InChI=1S/C33H44ClF3/c1-2-3-4-5-6-7-23-8-10-24(11-9-23)12-13-25-14-16-26(17-15-25)28-21-31(36)33(32(37)22-28)27-18-19-29(34)30(35)20-27/h18-26H,2-17H2,1H3. The fourth-order valence-corrected chi connectivity index (χ4v) is 6.97. The molecule has 204 valence electrons. The number of unbranched alkanes of at least 4 members (excludes halogenated alkanes) is 4. The van der Waals surface area contributed by atoms with E-state index >= 15 is 0 Å². The van der Waals surface area contributed by atoms with Gasteiger partial charge in [-0.25, -0.2) is 13.2 Å². The van der Waals surface area contributed by atoms with E-state index in [-0.39, 0.29) is 22.1 Å². The van der Waals surface area contributed by atoms with Crippen LogP contribution in [0, 0.1) is 35.2 Å². The Balaban J connectivity index is 1.20. The van der Waals surface area contributed by atoms with Crippen LogP contribution in [0.2, 0.25) is 5.02 Å². The highest BCUT2D eigenvalue weighted by atomic mass is 35.5. The van der Waals surface area contributed by atoms with Crippen molar-refractivity contribution < 1.29 is 13.2 Å². The minimum absolute atomic E-state index is 0.0567. The maximum absolute atomic E-state index is 14.9. The average Bonchev–Trinajstić information content (AvgIpc) is 2.90. The van der Waals surface area contributed by atoms with Crippen molar-refractivity contribution in [3.8, 4) is 11.1 Å². The number of benzene rings is 2. The van der Waals surface area contributed by atoms with E-state index in [1.807, 2.05) is 0 Å². The van der Waals surface area contributed by atoms with Crippen molar-refractivity contribution >= 4 is 11.6 Å². The normalized spacial score (nSPS) is 24.4. The Morgan fingerprint density at radius 1 is 0.649 bits per heavy atom. The number of hydrogen-bond donors (Lipinski definition) is 0. The molecule has 2 fully saturated rings. The third-order valence-electron chi connectivity index (χ3n) is 9.26. The molecule has 2 aromatic carbocycles. The molecule has 0 N–H and O–H groups in total. The van der Waals surface area contributed by atoms with Crippen LogP contribution >= 0.6 is 11.6 Å². The van der Waals surface area contributed by atoms with Crippen LogP contribution in [0.15, 0.2) is 30.3 Å². The lowest BCUT2D eigenvalue weighted by atomic mass is 9.74. The van der Waals surface area contributed by atoms with Gasteiger partial charge in [-0.05, 0) is 84.7 Å². The highest BCUT2D eigenvalue weighted by Crippen LogP contribution is 2.41. The molecule has 0 spiro atoms. The van der Waals surface area contributed by atoms with Crippen molar-refractivity contribution in [3.63, 3.8) is 0 Å². The van der Waals surface area contributed by atoms with Crippen molar-refractivity contribution in [3.05, 3.63) is 58.4 Å². The molecular formula is C33H44ClF3. The molecule has 0 aliphatic heterocycles. The van der Waals surface area contributed by atoms with E-state index in [1.54, 1.807) is 0 Å². The summed E-state index contributed by atoms with van der Waals surface area (Å²) in [6.07, 6.45) is 21.0. The Morgan fingerprint density at radius 3 is 1.76 bits per heavy atom. The van der Waals surface area contributed by atoms with Gasteiger partial charge < -0.3 is 0 Å². The lowest BCUT2D eigenvalue weighted by Gasteiger charge is -2.32. The van der Waals surface area contributed by atoms with Gasteiger partial charge in [0.25, 0.3) is 0 Å². The smallest absolute Gasteiger partial charge is 0.142 e. The first-order valence-electron chi connectivity index (χ1n) is 14.9. The Morgan fingerprint density at radius 2 is 1.19 bits per heavy atom. The van der Waals surface area contributed by atoms with Gasteiger partial charge in [-0.15, -0.1) is 0 Å². The fraction of sp³-hybridized carbons (Fsp3) is 0.636. The number of hydrogen-bond acceptors (Lipinski definition) is 0. The molecule has 4 heteroatoms. The second-order valence-corrected chi connectivity index (χ2v) is 12.3. The quantitative estimate of drug-likeness (QED) is 0.252. The summed E-state index contributed by atoms with van der Waals surface area (Å²) in [5.41, 5.74) is 0.729. The van der Waals surface area contributed by atoms with Crippen molar-refractivity contribution in [2.45, 2.75) is 116 Å². The van der Waals surface area contributed by atoms with Crippen LogP contribution in [-0.4, -0.2) is 0 Å². The van der Waals surface area contributed by atoms with E-state index < -0.39 is 17.5 Å². The topological polar surface area (TPSA) is 0 Å². The van der Waals surface area contributed by atoms with Gasteiger partial charge in [0.15, 0.2) is 0 Å². The molecule has 4 rings (SSSR count). The summed E-state index contributed by atoms with van der Waals surface area (Å²) < 4.78 is 43.7. The monoisotopic (exact) mass is 532 g/mol. The minimum Gasteiger partial charge on any atom is -0.206 e. The summed E-state index contributed by atoms with van der Waals surface area (Å²) in [5.74, 6) is 0.890. The molecule has 0 aromatic heterocycles. The average molecular weight is 533 g/mol. The van der Waals surface area contributed by atoms with Gasteiger partial charge >= 0.3 is 0 Å². The zero-order chi connectivity index (χ0) is 26.2. The van der Waals surface area contributed by atoms with Crippen molar-refractivity contribution in [2.24, 2.45) is 17.8 Å². The second kappa shape index (κ2) is 14.1. The lowest BCUT2D eigenvalue weighted by Crippen LogP contribution is -2.18. The molecule has 0 unspecified atom stereocenters. The largest absolute Gasteiger partial charge is 0.206 e. The van der Waals surface area contributed by atoms with E-state index in [9.17, 15) is 13.2 Å². The van der Waals surface area contributed by atoms with Gasteiger partial charge in [-0.1, -0.05) is 102 Å². The van der Waals surface area contributed by atoms with Crippen LogP contribution in [-0.2, 0) is 0 Å². The molecular weight excluding hydrogens is 489 g/mol. The Kier molecular flexibility index (Phi) is 10.8. The first kappa shape index (κ1) is 28.5. The SMILES string of the molecule is CCCCCCCC1CCC(CCC2CCC(c3cc(F)c(-c4ccc(Cl)c(F)c4)c(F)c3)CC2)CC1. The van der Waals surface area contributed by atoms with E-state index in [0.29, 0.717) is 0 Å². The van der Waals surface area contributed by atoms with Crippen LogP contribution in [0.5, 0.6) is 0 Å². The molecule has 0 bridgehead atoms. The van der Waals surface area contributed by atoms with Crippen LogP contribution in [0.1, 0.15) is 121 Å². The molecule has 2 saturated carbocycles. The number of halogens is 4. The molecule has 2 aliphatic carbocycles. The highest BCUT2D eigenvalue weighted by molar-refractivity contribution is 6.30. The predicted octanol–water partition coefficient (Wildman–Crippen LogP) is 11.6. The molecule has 37 heavy (non-hydrogen) atoms. The molecule has 0 saturated heterocycles. The second-order valence-electron chi connectivity index (χ2n) is 11.9. The highest BCUT2D eigenvalue weighted by Gasteiger charge is 2.27. The lowest BCUT2D eigenvalue weighted by molar-refractivity contribution is 0.222. The van der Waals surface area contributed by atoms with E-state index in [2.05, 4.69) is 6.92 Å². The van der Waals surface area contributed by atoms with E-state index in [0.717, 1.165) is 55.1 Å². The first-order chi connectivity index (χ1) is 17.9. The zero-order valence-corrected chi connectivity index (χ0v) is 23.3. The Bertz CT molecular complexity index is 964. The van der Waals surface area contributed by atoms with Crippen molar-refractivity contribution in [2.75, 3.05) is 0 Å². The molecule has 0 heterocycles. The van der Waals surface area contributed by atoms with Crippen LogP contribution in [0.4, 0.5) is 13.2 Å². The summed E-state index contributed by atoms with van der Waals surface area (Å²) in [4.78, 5) is 0. The molecule has 0 nitrogen and oxygen atoms in total. The van der Waals surface area contributed by atoms with Crippen molar-refractivity contribution in [1.82, 2.24) is 0 Å². The van der Waals surface area contributed by atoms with Gasteiger partial charge in [0.05, 0.1) is 10.6 Å². The first-order valence-corrected chi connectivity index (χ1v) is 15.3. The van der Waals surface area contributed by atoms with Crippen molar-refractivity contribution in [1.29, 1.82) is 0 Å². The third kappa shape index (κ3) is 8.01. The summed E-state index contributed by atoms with van der Waals surface area (Å²) in [6, 6.07) is 6.80. The van der Waals surface area contributed by atoms with E-state index in [1.165, 1.54) is 101 Å². The molecule has 0 radical (unpaired) electrons. The molecule has 2 aromatic rings. The number of rotatable bonds is 11.